The van der Waals surface area contributed by atoms with Crippen molar-refractivity contribution in [2.75, 3.05) is 0 Å². The molecule has 2 aromatic heterocycles. The third-order valence-electron chi connectivity index (χ3n) is 7.30. The Labute approximate surface area is 254 Å². The molecule has 43 heavy (non-hydrogen) atoms. The molecule has 0 saturated heterocycles. The molecule has 218 valence electrons. The van der Waals surface area contributed by atoms with E-state index in [1.165, 1.54) is 6.20 Å². The lowest BCUT2D eigenvalue weighted by molar-refractivity contribution is -0.123. The van der Waals surface area contributed by atoms with Gasteiger partial charge in [0.15, 0.2) is 5.58 Å². The highest BCUT2D eigenvalue weighted by Gasteiger charge is 2.30. The van der Waals surface area contributed by atoms with Crippen LogP contribution in [0.3, 0.4) is 0 Å². The van der Waals surface area contributed by atoms with E-state index in [1.54, 1.807) is 49.4 Å². The van der Waals surface area contributed by atoms with E-state index in [-0.39, 0.29) is 17.4 Å². The summed E-state index contributed by atoms with van der Waals surface area (Å²) in [5.41, 5.74) is 3.73. The third-order valence-corrected chi connectivity index (χ3v) is 7.63. The maximum Gasteiger partial charge on any atom is 0.266 e. The molecule has 0 aliphatic carbocycles. The number of hydrogen-bond donors (Lipinski definition) is 2. The second-order valence-corrected chi connectivity index (χ2v) is 10.7. The molecule has 9 heteroatoms. The van der Waals surface area contributed by atoms with Gasteiger partial charge in [0.25, 0.3) is 11.8 Å². The lowest BCUT2D eigenvalue weighted by Gasteiger charge is -2.24. The van der Waals surface area contributed by atoms with Gasteiger partial charge in [-0.2, -0.15) is 0 Å². The number of carbonyl (C=O) groups is 3. The van der Waals surface area contributed by atoms with Crippen molar-refractivity contribution in [2.24, 2.45) is 0 Å². The standard InChI is InChI=1S/C34H31ClN4O4/c1-3-26(31(40)34-39-28-15-9-10-16-30(28)43-34)37-33(42)29(19-21(2)22-11-5-4-6-12-22)38-32(41)23-17-18-27(36-20-23)24-13-7-8-14-25(24)35/h4-18,20-21,26,29H,3,19H2,1-2H3,(H,37,42)(H,38,41)/t21-,26-,29-/m0/s1. The zero-order valence-corrected chi connectivity index (χ0v) is 24.5. The Morgan fingerprint density at radius 3 is 2.28 bits per heavy atom. The van der Waals surface area contributed by atoms with Crippen LogP contribution in [-0.4, -0.2) is 39.6 Å². The smallest absolute Gasteiger partial charge is 0.266 e. The minimum absolute atomic E-state index is 0.0641. The number of benzene rings is 3. The fourth-order valence-electron chi connectivity index (χ4n) is 4.85. The molecule has 2 amide bonds. The van der Waals surface area contributed by atoms with Gasteiger partial charge in [-0.1, -0.05) is 86.1 Å². The molecule has 2 N–H and O–H groups in total. The lowest BCUT2D eigenvalue weighted by atomic mass is 9.93. The predicted octanol–water partition coefficient (Wildman–Crippen LogP) is 6.61. The quantitative estimate of drug-likeness (QED) is 0.166. The van der Waals surface area contributed by atoms with Gasteiger partial charge in [0.1, 0.15) is 11.6 Å². The summed E-state index contributed by atoms with van der Waals surface area (Å²) >= 11 is 6.30. The molecule has 0 aliphatic heterocycles. The van der Waals surface area contributed by atoms with E-state index in [0.29, 0.717) is 34.7 Å². The van der Waals surface area contributed by atoms with E-state index in [0.717, 1.165) is 11.1 Å². The summed E-state index contributed by atoms with van der Waals surface area (Å²) in [4.78, 5) is 49.0. The van der Waals surface area contributed by atoms with Crippen molar-refractivity contribution in [1.82, 2.24) is 20.6 Å². The number of ketones is 1. The van der Waals surface area contributed by atoms with E-state index in [9.17, 15) is 14.4 Å². The van der Waals surface area contributed by atoms with Crippen LogP contribution in [0.2, 0.25) is 5.02 Å². The number of aromatic nitrogens is 2. The first-order chi connectivity index (χ1) is 20.8. The molecule has 5 aromatic rings. The topological polar surface area (TPSA) is 114 Å². The first kappa shape index (κ1) is 29.7. The predicted molar refractivity (Wildman–Crippen MR) is 166 cm³/mol. The summed E-state index contributed by atoms with van der Waals surface area (Å²) in [6.07, 6.45) is 2.07. The molecule has 3 atom stereocenters. The van der Waals surface area contributed by atoms with Crippen molar-refractivity contribution in [3.63, 3.8) is 0 Å². The number of nitrogens with one attached hydrogen (secondary N) is 2. The number of halogens is 1. The van der Waals surface area contributed by atoms with Crippen LogP contribution < -0.4 is 10.6 Å². The maximum absolute atomic E-state index is 13.7. The van der Waals surface area contributed by atoms with Crippen LogP contribution in [0.4, 0.5) is 0 Å². The SMILES string of the molecule is CC[C@H](NC(=O)[C@H](C[C@H](C)c1ccccc1)NC(=O)c1ccc(-c2ccccc2Cl)nc1)C(=O)c1nc2ccccc2o1. The third kappa shape index (κ3) is 6.98. The minimum Gasteiger partial charge on any atom is -0.434 e. The highest BCUT2D eigenvalue weighted by atomic mass is 35.5. The van der Waals surface area contributed by atoms with Crippen molar-refractivity contribution in [1.29, 1.82) is 0 Å². The molecule has 0 aliphatic rings. The van der Waals surface area contributed by atoms with Crippen LogP contribution in [0.5, 0.6) is 0 Å². The van der Waals surface area contributed by atoms with Crippen LogP contribution in [0.1, 0.15) is 59.2 Å². The zero-order valence-electron chi connectivity index (χ0n) is 23.8. The number of para-hydroxylation sites is 2. The van der Waals surface area contributed by atoms with E-state index in [4.69, 9.17) is 16.0 Å². The first-order valence-corrected chi connectivity index (χ1v) is 14.5. The molecule has 0 fully saturated rings. The van der Waals surface area contributed by atoms with Crippen LogP contribution in [-0.2, 0) is 4.79 Å². The Bertz CT molecular complexity index is 1700. The van der Waals surface area contributed by atoms with Crippen molar-refractivity contribution >= 4 is 40.3 Å². The molecule has 0 bridgehead atoms. The monoisotopic (exact) mass is 594 g/mol. The summed E-state index contributed by atoms with van der Waals surface area (Å²) < 4.78 is 5.65. The Kier molecular flexibility index (Phi) is 9.27. The number of carbonyl (C=O) groups excluding carboxylic acids is 3. The first-order valence-electron chi connectivity index (χ1n) is 14.1. The van der Waals surface area contributed by atoms with Gasteiger partial charge in [-0.15, -0.1) is 0 Å². The van der Waals surface area contributed by atoms with Crippen LogP contribution in [0, 0.1) is 0 Å². The highest BCUT2D eigenvalue weighted by Crippen LogP contribution is 2.26. The van der Waals surface area contributed by atoms with Gasteiger partial charge in [0.2, 0.25) is 11.7 Å². The van der Waals surface area contributed by atoms with Gasteiger partial charge in [-0.3, -0.25) is 19.4 Å². The number of Topliss-reactive ketones (excluding diaryl/α,β-unsaturated/α-hetero) is 1. The Morgan fingerprint density at radius 1 is 0.860 bits per heavy atom. The second-order valence-electron chi connectivity index (χ2n) is 10.3. The molecule has 5 rings (SSSR count). The van der Waals surface area contributed by atoms with Gasteiger partial charge >= 0.3 is 0 Å². The Morgan fingerprint density at radius 2 is 1.58 bits per heavy atom. The molecule has 0 saturated carbocycles. The number of hydrogen-bond acceptors (Lipinski definition) is 6. The number of fused-ring (bicyclic) bond motifs is 1. The minimum atomic E-state index is -0.934. The number of oxazole rings is 1. The number of nitrogens with zero attached hydrogens (tertiary/aromatic N) is 2. The molecule has 2 heterocycles. The number of amides is 2. The summed E-state index contributed by atoms with van der Waals surface area (Å²) in [6, 6.07) is 25.7. The average Bonchev–Trinajstić information content (AvgIpc) is 3.48. The van der Waals surface area contributed by atoms with Gasteiger partial charge in [0, 0.05) is 16.8 Å². The second kappa shape index (κ2) is 13.4. The zero-order chi connectivity index (χ0) is 30.3. The van der Waals surface area contributed by atoms with Gasteiger partial charge in [-0.05, 0) is 54.7 Å². The highest BCUT2D eigenvalue weighted by molar-refractivity contribution is 6.33. The van der Waals surface area contributed by atoms with Crippen molar-refractivity contribution in [3.05, 3.63) is 119 Å². The maximum atomic E-state index is 13.7. The number of rotatable bonds is 11. The fraction of sp³-hybridized carbons (Fsp3) is 0.206. The molecule has 0 unspecified atom stereocenters. The molecule has 8 nitrogen and oxygen atoms in total. The van der Waals surface area contributed by atoms with E-state index >= 15 is 0 Å². The molecule has 0 spiro atoms. The van der Waals surface area contributed by atoms with Crippen LogP contribution >= 0.6 is 11.6 Å². The fourth-order valence-corrected chi connectivity index (χ4v) is 5.09. The van der Waals surface area contributed by atoms with Gasteiger partial charge in [-0.25, -0.2) is 4.98 Å². The van der Waals surface area contributed by atoms with E-state index in [2.05, 4.69) is 20.6 Å². The summed E-state index contributed by atoms with van der Waals surface area (Å²) in [6.45, 7) is 3.78. The molecular formula is C34H31ClN4O4. The lowest BCUT2D eigenvalue weighted by Crippen LogP contribution is -2.52. The van der Waals surface area contributed by atoms with Gasteiger partial charge in [0.05, 0.1) is 17.3 Å². The summed E-state index contributed by atoms with van der Waals surface area (Å²) in [5, 5.41) is 6.25. The van der Waals surface area contributed by atoms with Crippen molar-refractivity contribution < 1.29 is 18.8 Å². The van der Waals surface area contributed by atoms with E-state index < -0.39 is 29.7 Å². The Balaban J connectivity index is 1.34. The number of pyridine rings is 1. The molecule has 0 radical (unpaired) electrons. The normalized spacial score (nSPS) is 13.2. The largest absolute Gasteiger partial charge is 0.434 e. The van der Waals surface area contributed by atoms with Crippen LogP contribution in [0.25, 0.3) is 22.4 Å². The van der Waals surface area contributed by atoms with Crippen molar-refractivity contribution in [2.45, 2.75) is 44.7 Å². The molecular weight excluding hydrogens is 564 g/mol. The summed E-state index contributed by atoms with van der Waals surface area (Å²) in [7, 11) is 0. The average molecular weight is 595 g/mol. The van der Waals surface area contributed by atoms with Crippen LogP contribution in [0.15, 0.2) is 102 Å². The van der Waals surface area contributed by atoms with Crippen molar-refractivity contribution in [3.8, 4) is 11.3 Å². The summed E-state index contributed by atoms with van der Waals surface area (Å²) in [5.74, 6) is -1.51. The Hall–Kier alpha value is -4.82. The van der Waals surface area contributed by atoms with Gasteiger partial charge < -0.3 is 15.1 Å². The molecule has 3 aromatic carbocycles. The van der Waals surface area contributed by atoms with E-state index in [1.807, 2.05) is 55.5 Å².